The van der Waals surface area contributed by atoms with Crippen LogP contribution in [0.1, 0.15) is 11.7 Å². The normalized spacial score (nSPS) is 13.0. The van der Waals surface area contributed by atoms with Gasteiger partial charge in [-0.15, -0.1) is 0 Å². The van der Waals surface area contributed by atoms with Crippen molar-refractivity contribution in [2.45, 2.75) is 6.17 Å². The lowest BCUT2D eigenvalue weighted by molar-refractivity contribution is 0.577. The topological polar surface area (TPSA) is 64.1 Å². The molecule has 2 aromatic carbocycles. The number of nitrogens with one attached hydrogen (secondary N) is 1. The Labute approximate surface area is 82.7 Å². The van der Waals surface area contributed by atoms with Crippen LogP contribution >= 0.6 is 0 Å². The molecule has 0 saturated carbocycles. The molecule has 0 radical (unpaired) electrons. The molecular formula is C11H13N3. The lowest BCUT2D eigenvalue weighted by atomic mass is 10.1. The molecule has 0 aromatic heterocycles. The van der Waals surface area contributed by atoms with Crippen LogP contribution in [0.4, 0.5) is 0 Å². The lowest BCUT2D eigenvalue weighted by Gasteiger charge is -2.10. The highest BCUT2D eigenvalue weighted by molar-refractivity contribution is 5.83. The van der Waals surface area contributed by atoms with Gasteiger partial charge in [0, 0.05) is 0 Å². The molecule has 0 aliphatic heterocycles. The predicted octanol–water partition coefficient (Wildman–Crippen LogP) is 1.26. The summed E-state index contributed by atoms with van der Waals surface area (Å²) in [7, 11) is 0. The van der Waals surface area contributed by atoms with E-state index in [-0.39, 0.29) is 6.17 Å². The third kappa shape index (κ3) is 1.61. The highest BCUT2D eigenvalue weighted by atomic mass is 15.3. The lowest BCUT2D eigenvalue weighted by Crippen LogP contribution is -2.33. The standard InChI is InChI=1S/C11H13N3/c12-11(14-13)10-6-5-8-3-1-2-4-9(8)7-10/h1-7,11,14H,12-13H2. The van der Waals surface area contributed by atoms with E-state index in [1.807, 2.05) is 30.3 Å². The van der Waals surface area contributed by atoms with Crippen molar-refractivity contribution < 1.29 is 0 Å². The highest BCUT2D eigenvalue weighted by Gasteiger charge is 2.02. The van der Waals surface area contributed by atoms with Crippen molar-refractivity contribution in [1.29, 1.82) is 0 Å². The molecule has 0 amide bonds. The van der Waals surface area contributed by atoms with Crippen molar-refractivity contribution in [1.82, 2.24) is 5.43 Å². The van der Waals surface area contributed by atoms with Crippen LogP contribution in [0.2, 0.25) is 0 Å². The summed E-state index contributed by atoms with van der Waals surface area (Å²) in [4.78, 5) is 0. The van der Waals surface area contributed by atoms with Crippen LogP contribution in [0.15, 0.2) is 42.5 Å². The van der Waals surface area contributed by atoms with Crippen molar-refractivity contribution in [2.24, 2.45) is 11.6 Å². The molecule has 14 heavy (non-hydrogen) atoms. The minimum absolute atomic E-state index is 0.306. The van der Waals surface area contributed by atoms with Crippen LogP contribution < -0.4 is 17.0 Å². The molecular weight excluding hydrogens is 174 g/mol. The molecule has 3 nitrogen and oxygen atoms in total. The summed E-state index contributed by atoms with van der Waals surface area (Å²) in [5.41, 5.74) is 9.26. The summed E-state index contributed by atoms with van der Waals surface area (Å²) in [6.45, 7) is 0. The van der Waals surface area contributed by atoms with Gasteiger partial charge in [0.25, 0.3) is 0 Å². The van der Waals surface area contributed by atoms with Gasteiger partial charge in [-0.2, -0.15) is 0 Å². The minimum Gasteiger partial charge on any atom is -0.311 e. The smallest absolute Gasteiger partial charge is 0.0936 e. The number of benzene rings is 2. The molecule has 0 heterocycles. The number of rotatable bonds is 2. The number of hydrogen-bond donors (Lipinski definition) is 3. The predicted molar refractivity (Wildman–Crippen MR) is 58.2 cm³/mol. The fraction of sp³-hybridized carbons (Fsp3) is 0.0909. The van der Waals surface area contributed by atoms with Crippen LogP contribution in [0, 0.1) is 0 Å². The summed E-state index contributed by atoms with van der Waals surface area (Å²) < 4.78 is 0. The van der Waals surface area contributed by atoms with Crippen LogP contribution in [-0.2, 0) is 0 Å². The average Bonchev–Trinajstić information content (AvgIpc) is 2.27. The summed E-state index contributed by atoms with van der Waals surface area (Å²) in [6, 6.07) is 14.2. The molecule has 72 valence electrons. The van der Waals surface area contributed by atoms with Crippen LogP contribution in [-0.4, -0.2) is 0 Å². The maximum absolute atomic E-state index is 5.75. The molecule has 1 atom stereocenters. The fourth-order valence-electron chi connectivity index (χ4n) is 1.50. The van der Waals surface area contributed by atoms with Gasteiger partial charge in [0.2, 0.25) is 0 Å². The van der Waals surface area contributed by atoms with E-state index < -0.39 is 0 Å². The van der Waals surface area contributed by atoms with Crippen molar-refractivity contribution in [3.8, 4) is 0 Å². The third-order valence-electron chi connectivity index (χ3n) is 2.31. The van der Waals surface area contributed by atoms with E-state index in [1.165, 1.54) is 10.8 Å². The van der Waals surface area contributed by atoms with E-state index in [4.69, 9.17) is 11.6 Å². The molecule has 5 N–H and O–H groups in total. The first kappa shape index (κ1) is 9.15. The van der Waals surface area contributed by atoms with Gasteiger partial charge >= 0.3 is 0 Å². The molecule has 1 unspecified atom stereocenters. The molecule has 0 bridgehead atoms. The van der Waals surface area contributed by atoms with Crippen molar-refractivity contribution in [2.75, 3.05) is 0 Å². The molecule has 0 aliphatic carbocycles. The summed E-state index contributed by atoms with van der Waals surface area (Å²) in [5.74, 6) is 5.27. The van der Waals surface area contributed by atoms with Gasteiger partial charge in [-0.3, -0.25) is 5.84 Å². The number of nitrogens with two attached hydrogens (primary N) is 2. The molecule has 0 spiro atoms. The zero-order chi connectivity index (χ0) is 9.97. The van der Waals surface area contributed by atoms with Crippen LogP contribution in [0.5, 0.6) is 0 Å². The zero-order valence-corrected chi connectivity index (χ0v) is 7.77. The Morgan fingerprint density at radius 2 is 1.71 bits per heavy atom. The molecule has 2 rings (SSSR count). The van der Waals surface area contributed by atoms with Gasteiger partial charge in [0.1, 0.15) is 0 Å². The van der Waals surface area contributed by atoms with Crippen LogP contribution in [0.3, 0.4) is 0 Å². The van der Waals surface area contributed by atoms with Crippen molar-refractivity contribution in [3.05, 3.63) is 48.0 Å². The van der Waals surface area contributed by atoms with Gasteiger partial charge in [0.05, 0.1) is 6.17 Å². The number of hydrogen-bond acceptors (Lipinski definition) is 3. The SMILES string of the molecule is NNC(N)c1ccc2ccccc2c1. The zero-order valence-electron chi connectivity index (χ0n) is 7.77. The van der Waals surface area contributed by atoms with E-state index in [1.54, 1.807) is 0 Å². The Hall–Kier alpha value is -1.42. The fourth-order valence-corrected chi connectivity index (χ4v) is 1.50. The van der Waals surface area contributed by atoms with E-state index in [2.05, 4.69) is 17.6 Å². The minimum atomic E-state index is -0.306. The van der Waals surface area contributed by atoms with Gasteiger partial charge in [-0.05, 0) is 22.4 Å². The molecule has 2 aromatic rings. The Balaban J connectivity index is 2.51. The van der Waals surface area contributed by atoms with Crippen molar-refractivity contribution >= 4 is 10.8 Å². The van der Waals surface area contributed by atoms with E-state index >= 15 is 0 Å². The molecule has 0 saturated heterocycles. The van der Waals surface area contributed by atoms with Gasteiger partial charge < -0.3 is 5.73 Å². The Bertz CT molecular complexity index is 439. The second kappa shape index (κ2) is 3.75. The molecule has 0 aliphatic rings. The average molecular weight is 187 g/mol. The summed E-state index contributed by atoms with van der Waals surface area (Å²) in [5, 5.41) is 2.39. The largest absolute Gasteiger partial charge is 0.311 e. The maximum atomic E-state index is 5.75. The summed E-state index contributed by atoms with van der Waals surface area (Å²) >= 11 is 0. The Morgan fingerprint density at radius 1 is 1.00 bits per heavy atom. The first-order valence-electron chi connectivity index (χ1n) is 4.51. The summed E-state index contributed by atoms with van der Waals surface area (Å²) in [6.07, 6.45) is -0.306. The van der Waals surface area contributed by atoms with Crippen molar-refractivity contribution in [3.63, 3.8) is 0 Å². The van der Waals surface area contributed by atoms with Crippen LogP contribution in [0.25, 0.3) is 10.8 Å². The Kier molecular flexibility index (Phi) is 2.45. The third-order valence-corrected chi connectivity index (χ3v) is 2.31. The molecule has 3 heteroatoms. The van der Waals surface area contributed by atoms with Gasteiger partial charge in [0.15, 0.2) is 0 Å². The first-order chi connectivity index (χ1) is 6.81. The first-order valence-corrected chi connectivity index (χ1v) is 4.51. The number of fused-ring (bicyclic) bond motifs is 1. The maximum Gasteiger partial charge on any atom is 0.0936 e. The van der Waals surface area contributed by atoms with E-state index in [0.29, 0.717) is 0 Å². The molecule has 0 fully saturated rings. The number of hydrazine groups is 1. The van der Waals surface area contributed by atoms with Gasteiger partial charge in [-0.25, -0.2) is 5.43 Å². The van der Waals surface area contributed by atoms with E-state index in [9.17, 15) is 0 Å². The monoisotopic (exact) mass is 187 g/mol. The highest BCUT2D eigenvalue weighted by Crippen LogP contribution is 2.17. The second-order valence-electron chi connectivity index (χ2n) is 3.25. The van der Waals surface area contributed by atoms with E-state index in [0.717, 1.165) is 5.56 Å². The van der Waals surface area contributed by atoms with Gasteiger partial charge in [-0.1, -0.05) is 36.4 Å². The second-order valence-corrected chi connectivity index (χ2v) is 3.25. The Morgan fingerprint density at radius 3 is 2.43 bits per heavy atom. The quantitative estimate of drug-likeness (QED) is 0.377.